The maximum absolute atomic E-state index is 13.9. The summed E-state index contributed by atoms with van der Waals surface area (Å²) in [6.45, 7) is 1.55. The first-order chi connectivity index (χ1) is 8.24. The molecule has 0 spiro atoms. The van der Waals surface area contributed by atoms with Crippen LogP contribution in [0.4, 0.5) is 4.39 Å². The molecule has 1 fully saturated rings. The number of nitrogens with one attached hydrogen (secondary N) is 1. The summed E-state index contributed by atoms with van der Waals surface area (Å²) in [5, 5.41) is 3.24. The van der Waals surface area contributed by atoms with Crippen LogP contribution in [0, 0.1) is 11.7 Å². The molecular weight excluding hydrogens is 285 g/mol. The van der Waals surface area contributed by atoms with E-state index >= 15 is 0 Å². The van der Waals surface area contributed by atoms with Crippen molar-refractivity contribution in [1.29, 1.82) is 0 Å². The summed E-state index contributed by atoms with van der Waals surface area (Å²) in [6.07, 6.45) is 1.96. The average Bonchev–Trinajstić information content (AvgIpc) is 2.35. The maximum Gasteiger partial charge on any atom is 0.129 e. The van der Waals surface area contributed by atoms with Gasteiger partial charge in [-0.05, 0) is 37.9 Å². The van der Waals surface area contributed by atoms with Crippen LogP contribution in [0.1, 0.15) is 24.4 Å². The molecule has 1 unspecified atom stereocenters. The van der Waals surface area contributed by atoms with Gasteiger partial charge in [-0.15, -0.1) is 0 Å². The molecule has 17 heavy (non-hydrogen) atoms. The zero-order valence-electron chi connectivity index (χ0n) is 9.88. The summed E-state index contributed by atoms with van der Waals surface area (Å²) in [5.74, 6) is 0.284. The average molecular weight is 302 g/mol. The van der Waals surface area contributed by atoms with Gasteiger partial charge in [-0.25, -0.2) is 4.39 Å². The van der Waals surface area contributed by atoms with E-state index in [1.54, 1.807) is 6.07 Å². The molecule has 1 heterocycles. The topological polar surface area (TPSA) is 21.3 Å². The second kappa shape index (κ2) is 5.94. The number of benzene rings is 1. The summed E-state index contributed by atoms with van der Waals surface area (Å²) in [5.41, 5.74) is 0.738. The van der Waals surface area contributed by atoms with Gasteiger partial charge in [0.05, 0.1) is 0 Å². The van der Waals surface area contributed by atoms with Gasteiger partial charge >= 0.3 is 0 Å². The van der Waals surface area contributed by atoms with E-state index in [-0.39, 0.29) is 11.9 Å². The monoisotopic (exact) mass is 301 g/mol. The Morgan fingerprint density at radius 3 is 2.71 bits per heavy atom. The fourth-order valence-electron chi connectivity index (χ4n) is 2.47. The van der Waals surface area contributed by atoms with E-state index in [1.807, 2.05) is 13.1 Å². The predicted octanol–water partition coefficient (Wildman–Crippen LogP) is 3.28. The largest absolute Gasteiger partial charge is 0.381 e. The zero-order valence-corrected chi connectivity index (χ0v) is 11.5. The number of ether oxygens (including phenoxy) is 1. The van der Waals surface area contributed by atoms with E-state index in [0.717, 1.165) is 36.1 Å². The van der Waals surface area contributed by atoms with Crippen LogP contribution in [-0.4, -0.2) is 20.3 Å². The van der Waals surface area contributed by atoms with Crippen LogP contribution in [0.3, 0.4) is 0 Å². The van der Waals surface area contributed by atoms with Crippen molar-refractivity contribution < 1.29 is 9.13 Å². The zero-order chi connectivity index (χ0) is 12.3. The van der Waals surface area contributed by atoms with E-state index in [2.05, 4.69) is 21.2 Å². The van der Waals surface area contributed by atoms with Crippen molar-refractivity contribution in [1.82, 2.24) is 5.32 Å². The van der Waals surface area contributed by atoms with E-state index in [0.29, 0.717) is 5.92 Å². The lowest BCUT2D eigenvalue weighted by Crippen LogP contribution is -2.30. The van der Waals surface area contributed by atoms with Gasteiger partial charge in [0.15, 0.2) is 0 Å². The molecule has 1 aliphatic heterocycles. The molecule has 1 aromatic carbocycles. The van der Waals surface area contributed by atoms with Gasteiger partial charge in [-0.3, -0.25) is 0 Å². The summed E-state index contributed by atoms with van der Waals surface area (Å²) < 4.78 is 20.1. The van der Waals surface area contributed by atoms with Crippen molar-refractivity contribution in [3.05, 3.63) is 34.1 Å². The van der Waals surface area contributed by atoms with Crippen molar-refractivity contribution in [3.63, 3.8) is 0 Å². The fourth-order valence-corrected chi connectivity index (χ4v) is 3.06. The molecular formula is C13H17BrFNO. The molecule has 2 rings (SSSR count). The lowest BCUT2D eigenvalue weighted by molar-refractivity contribution is 0.0541. The maximum atomic E-state index is 13.9. The van der Waals surface area contributed by atoms with E-state index in [9.17, 15) is 4.39 Å². The van der Waals surface area contributed by atoms with Crippen LogP contribution in [-0.2, 0) is 4.74 Å². The first kappa shape index (κ1) is 13.0. The van der Waals surface area contributed by atoms with Crippen LogP contribution in [0.2, 0.25) is 0 Å². The van der Waals surface area contributed by atoms with Crippen molar-refractivity contribution in [2.24, 2.45) is 5.92 Å². The minimum Gasteiger partial charge on any atom is -0.381 e. The van der Waals surface area contributed by atoms with Crippen molar-refractivity contribution in [2.45, 2.75) is 18.9 Å². The number of hydrogen-bond acceptors (Lipinski definition) is 2. The van der Waals surface area contributed by atoms with Crippen molar-refractivity contribution in [3.8, 4) is 0 Å². The second-order valence-electron chi connectivity index (χ2n) is 4.35. The van der Waals surface area contributed by atoms with Gasteiger partial charge < -0.3 is 10.1 Å². The molecule has 0 radical (unpaired) electrons. The second-order valence-corrected chi connectivity index (χ2v) is 5.21. The summed E-state index contributed by atoms with van der Waals surface area (Å²) in [7, 11) is 1.89. The van der Waals surface area contributed by atoms with Crippen LogP contribution in [0.25, 0.3) is 0 Å². The molecule has 1 N–H and O–H groups in total. The van der Waals surface area contributed by atoms with Crippen LogP contribution >= 0.6 is 15.9 Å². The molecule has 94 valence electrons. The third-order valence-corrected chi connectivity index (χ3v) is 4.05. The molecule has 0 saturated carbocycles. The molecule has 0 amide bonds. The molecule has 1 aromatic rings. The molecule has 2 nitrogen and oxygen atoms in total. The first-order valence-electron chi connectivity index (χ1n) is 5.93. The van der Waals surface area contributed by atoms with Gasteiger partial charge in [-0.1, -0.05) is 22.0 Å². The van der Waals surface area contributed by atoms with Crippen LogP contribution in [0.15, 0.2) is 22.7 Å². The molecule has 1 atom stereocenters. The van der Waals surface area contributed by atoms with Crippen molar-refractivity contribution >= 4 is 15.9 Å². The minimum atomic E-state index is -0.148. The van der Waals surface area contributed by atoms with Gasteiger partial charge in [-0.2, -0.15) is 0 Å². The summed E-state index contributed by atoms with van der Waals surface area (Å²) in [6, 6.07) is 5.18. The van der Waals surface area contributed by atoms with E-state index in [1.165, 1.54) is 6.07 Å². The Morgan fingerprint density at radius 1 is 1.41 bits per heavy atom. The normalized spacial score (nSPS) is 19.2. The number of halogens is 2. The molecule has 1 saturated heterocycles. The quantitative estimate of drug-likeness (QED) is 0.925. The molecule has 4 heteroatoms. The van der Waals surface area contributed by atoms with Gasteiger partial charge in [0, 0.05) is 29.3 Å². The Morgan fingerprint density at radius 2 is 2.12 bits per heavy atom. The Bertz CT molecular complexity index is 359. The number of rotatable bonds is 3. The minimum absolute atomic E-state index is 0.0504. The molecule has 0 aromatic heterocycles. The van der Waals surface area contributed by atoms with Crippen LogP contribution < -0.4 is 5.32 Å². The Balaban J connectivity index is 2.27. The molecule has 0 aliphatic carbocycles. The SMILES string of the molecule is CNC(c1c(F)cccc1Br)C1CCOCC1. The number of hydrogen-bond donors (Lipinski definition) is 1. The van der Waals surface area contributed by atoms with Gasteiger partial charge in [0.2, 0.25) is 0 Å². The standard InChI is InChI=1S/C13H17BrFNO/c1-16-13(9-5-7-17-8-6-9)12-10(14)3-2-4-11(12)15/h2-4,9,13,16H,5-8H2,1H3. The third kappa shape index (κ3) is 2.87. The van der Waals surface area contributed by atoms with E-state index < -0.39 is 0 Å². The van der Waals surface area contributed by atoms with E-state index in [4.69, 9.17) is 4.74 Å². The summed E-state index contributed by atoms with van der Waals surface area (Å²) in [4.78, 5) is 0. The van der Waals surface area contributed by atoms with Gasteiger partial charge in [0.1, 0.15) is 5.82 Å². The third-order valence-electron chi connectivity index (χ3n) is 3.36. The molecule has 0 bridgehead atoms. The smallest absolute Gasteiger partial charge is 0.129 e. The first-order valence-corrected chi connectivity index (χ1v) is 6.72. The Hall–Kier alpha value is -0.450. The Kier molecular flexibility index (Phi) is 4.54. The highest BCUT2D eigenvalue weighted by Crippen LogP contribution is 2.35. The highest BCUT2D eigenvalue weighted by molar-refractivity contribution is 9.10. The Labute approximate surface area is 110 Å². The lowest BCUT2D eigenvalue weighted by Gasteiger charge is -2.31. The predicted molar refractivity (Wildman–Crippen MR) is 69.4 cm³/mol. The fraction of sp³-hybridized carbons (Fsp3) is 0.538. The highest BCUT2D eigenvalue weighted by Gasteiger charge is 2.27. The summed E-state index contributed by atoms with van der Waals surface area (Å²) >= 11 is 3.44. The van der Waals surface area contributed by atoms with Crippen LogP contribution in [0.5, 0.6) is 0 Å². The van der Waals surface area contributed by atoms with Gasteiger partial charge in [0.25, 0.3) is 0 Å². The highest BCUT2D eigenvalue weighted by atomic mass is 79.9. The van der Waals surface area contributed by atoms with Crippen molar-refractivity contribution in [2.75, 3.05) is 20.3 Å². The lowest BCUT2D eigenvalue weighted by atomic mass is 9.87. The molecule has 1 aliphatic rings.